The number of benzene rings is 1. The van der Waals surface area contributed by atoms with Crippen LogP contribution in [-0.4, -0.2) is 31.1 Å². The van der Waals surface area contributed by atoms with E-state index < -0.39 is 0 Å². The van der Waals surface area contributed by atoms with E-state index in [1.807, 2.05) is 0 Å². The molecule has 3 aliphatic rings. The minimum Gasteiger partial charge on any atom is -0.492 e. The zero-order chi connectivity index (χ0) is 18.1. The van der Waals surface area contributed by atoms with Gasteiger partial charge in [0.25, 0.3) is 0 Å². The summed E-state index contributed by atoms with van der Waals surface area (Å²) in [5, 5.41) is 0. The fourth-order valence-corrected chi connectivity index (χ4v) is 6.47. The summed E-state index contributed by atoms with van der Waals surface area (Å²) in [6.07, 6.45) is 9.95. The van der Waals surface area contributed by atoms with Gasteiger partial charge in [-0.15, -0.1) is 0 Å². The number of hydrogen-bond donors (Lipinski definition) is 0. The second-order valence-electron chi connectivity index (χ2n) is 9.24. The monoisotopic (exact) mass is 355 g/mol. The van der Waals surface area contributed by atoms with Crippen molar-refractivity contribution in [2.24, 2.45) is 17.3 Å². The molecular weight excluding hydrogens is 318 g/mol. The summed E-state index contributed by atoms with van der Waals surface area (Å²) in [5.41, 5.74) is 3.89. The Hall–Kier alpha value is -1.02. The lowest BCUT2D eigenvalue weighted by atomic mass is 9.56. The molecule has 0 unspecified atom stereocenters. The molecule has 0 N–H and O–H groups in total. The molecule has 0 saturated heterocycles. The third kappa shape index (κ3) is 3.30. The predicted octanol–water partition coefficient (Wildman–Crippen LogP) is 5.65. The third-order valence-electron chi connectivity index (χ3n) is 8.05. The summed E-state index contributed by atoms with van der Waals surface area (Å²) in [6.45, 7) is 11.1. The van der Waals surface area contributed by atoms with E-state index in [4.69, 9.17) is 4.74 Å². The van der Waals surface area contributed by atoms with E-state index in [1.165, 1.54) is 44.9 Å². The molecule has 0 bridgehead atoms. The topological polar surface area (TPSA) is 12.5 Å². The van der Waals surface area contributed by atoms with Crippen molar-refractivity contribution in [2.75, 3.05) is 26.2 Å². The van der Waals surface area contributed by atoms with Crippen LogP contribution in [0.5, 0.6) is 5.75 Å². The highest BCUT2D eigenvalue weighted by Crippen LogP contribution is 2.60. The number of aryl methyl sites for hydroxylation is 1. The van der Waals surface area contributed by atoms with E-state index in [2.05, 4.69) is 43.9 Å². The molecule has 4 rings (SSSR count). The maximum absolute atomic E-state index is 6.09. The van der Waals surface area contributed by atoms with Crippen molar-refractivity contribution in [3.8, 4) is 5.75 Å². The van der Waals surface area contributed by atoms with Crippen molar-refractivity contribution in [2.45, 2.75) is 71.6 Å². The van der Waals surface area contributed by atoms with Gasteiger partial charge in [0.2, 0.25) is 0 Å². The first kappa shape index (κ1) is 18.3. The first-order chi connectivity index (χ1) is 12.6. The quantitative estimate of drug-likeness (QED) is 0.653. The van der Waals surface area contributed by atoms with E-state index in [1.54, 1.807) is 11.1 Å². The summed E-state index contributed by atoms with van der Waals surface area (Å²) in [6, 6.07) is 7.01. The summed E-state index contributed by atoms with van der Waals surface area (Å²) >= 11 is 0. The highest BCUT2D eigenvalue weighted by molar-refractivity contribution is 5.40. The number of ether oxygens (including phenoxy) is 1. The number of rotatable bonds is 6. The number of hydrogen-bond acceptors (Lipinski definition) is 2. The van der Waals surface area contributed by atoms with E-state index in [-0.39, 0.29) is 0 Å². The number of likely N-dealkylation sites (N-methyl/N-ethyl adjacent to an activating group) is 1. The van der Waals surface area contributed by atoms with Crippen LogP contribution in [0, 0.1) is 17.3 Å². The van der Waals surface area contributed by atoms with Gasteiger partial charge in [-0.2, -0.15) is 0 Å². The molecule has 4 atom stereocenters. The number of fused-ring (bicyclic) bond motifs is 5. The lowest BCUT2D eigenvalue weighted by Gasteiger charge is -2.49. The predicted molar refractivity (Wildman–Crippen MR) is 109 cm³/mol. The van der Waals surface area contributed by atoms with Gasteiger partial charge in [-0.3, -0.25) is 0 Å². The first-order valence-corrected chi connectivity index (χ1v) is 11.1. The fourth-order valence-electron chi connectivity index (χ4n) is 6.47. The van der Waals surface area contributed by atoms with Gasteiger partial charge in [0.1, 0.15) is 12.4 Å². The first-order valence-electron chi connectivity index (χ1n) is 11.1. The minimum absolute atomic E-state index is 0.659. The Kier molecular flexibility index (Phi) is 5.32. The Morgan fingerprint density at radius 2 is 1.96 bits per heavy atom. The van der Waals surface area contributed by atoms with Gasteiger partial charge in [0.15, 0.2) is 0 Å². The molecule has 144 valence electrons. The van der Waals surface area contributed by atoms with Crippen LogP contribution < -0.4 is 4.74 Å². The molecule has 0 heterocycles. The van der Waals surface area contributed by atoms with E-state index in [0.717, 1.165) is 49.7 Å². The molecular formula is C24H37NO. The summed E-state index contributed by atoms with van der Waals surface area (Å²) in [5.74, 6) is 3.83. The lowest BCUT2D eigenvalue weighted by molar-refractivity contribution is 0.0598. The summed E-state index contributed by atoms with van der Waals surface area (Å²) < 4.78 is 6.09. The molecule has 0 aromatic heterocycles. The minimum atomic E-state index is 0.659. The molecule has 0 amide bonds. The molecule has 2 nitrogen and oxygen atoms in total. The second-order valence-corrected chi connectivity index (χ2v) is 9.24. The fraction of sp³-hybridized carbons (Fsp3) is 0.750. The molecule has 2 saturated carbocycles. The van der Waals surface area contributed by atoms with E-state index >= 15 is 0 Å². The highest BCUT2D eigenvalue weighted by Gasteiger charge is 2.50. The lowest BCUT2D eigenvalue weighted by Crippen LogP contribution is -2.39. The van der Waals surface area contributed by atoms with Gasteiger partial charge in [0.05, 0.1) is 0 Å². The Morgan fingerprint density at radius 3 is 2.77 bits per heavy atom. The van der Waals surface area contributed by atoms with Crippen LogP contribution in [0.2, 0.25) is 0 Å². The zero-order valence-corrected chi connectivity index (χ0v) is 17.1. The maximum Gasteiger partial charge on any atom is 0.119 e. The Labute approximate surface area is 160 Å². The van der Waals surface area contributed by atoms with Gasteiger partial charge < -0.3 is 9.64 Å². The van der Waals surface area contributed by atoms with Crippen molar-refractivity contribution in [1.82, 2.24) is 4.90 Å². The zero-order valence-electron chi connectivity index (χ0n) is 17.1. The average Bonchev–Trinajstić information content (AvgIpc) is 3.06. The molecule has 2 fully saturated rings. The Balaban J connectivity index is 1.44. The maximum atomic E-state index is 6.09. The van der Waals surface area contributed by atoms with Crippen LogP contribution in [0.25, 0.3) is 0 Å². The SMILES string of the molecule is CCN(CC)CCOc1ccc2c(c1)CC[C@@H]1[C@@H]2CC[C@]2(C)CCC[C@@H]12. The van der Waals surface area contributed by atoms with E-state index in [0.29, 0.717) is 5.41 Å². The van der Waals surface area contributed by atoms with Crippen LogP contribution in [0.15, 0.2) is 18.2 Å². The second kappa shape index (κ2) is 7.54. The molecule has 0 aliphatic heterocycles. The summed E-state index contributed by atoms with van der Waals surface area (Å²) in [4.78, 5) is 2.42. The van der Waals surface area contributed by atoms with Gasteiger partial charge in [-0.25, -0.2) is 0 Å². The number of nitrogens with zero attached hydrogens (tertiary/aromatic N) is 1. The van der Waals surface area contributed by atoms with Crippen molar-refractivity contribution < 1.29 is 4.74 Å². The molecule has 0 radical (unpaired) electrons. The van der Waals surface area contributed by atoms with Gasteiger partial charge in [-0.1, -0.05) is 33.3 Å². The van der Waals surface area contributed by atoms with E-state index in [9.17, 15) is 0 Å². The van der Waals surface area contributed by atoms with Crippen LogP contribution in [0.1, 0.15) is 76.3 Å². The van der Waals surface area contributed by atoms with Gasteiger partial charge >= 0.3 is 0 Å². The highest BCUT2D eigenvalue weighted by atomic mass is 16.5. The summed E-state index contributed by atoms with van der Waals surface area (Å²) in [7, 11) is 0. The standard InChI is InChI=1S/C24H37NO/c1-4-25(5-2)15-16-26-19-9-11-20-18(17-19)8-10-22-21(20)12-14-24(3)13-6-7-23(22)24/h9,11,17,21-23H,4-8,10,12-16H2,1-3H3/t21-,22-,23+,24+/m1/s1. The normalized spacial score (nSPS) is 32.8. The van der Waals surface area contributed by atoms with Crippen molar-refractivity contribution in [3.05, 3.63) is 29.3 Å². The van der Waals surface area contributed by atoms with Crippen molar-refractivity contribution in [1.29, 1.82) is 0 Å². The molecule has 0 spiro atoms. The van der Waals surface area contributed by atoms with Crippen LogP contribution in [0.3, 0.4) is 0 Å². The van der Waals surface area contributed by atoms with Crippen LogP contribution in [0.4, 0.5) is 0 Å². The third-order valence-corrected chi connectivity index (χ3v) is 8.05. The smallest absolute Gasteiger partial charge is 0.119 e. The van der Waals surface area contributed by atoms with Crippen molar-refractivity contribution >= 4 is 0 Å². The molecule has 2 heteroatoms. The molecule has 26 heavy (non-hydrogen) atoms. The van der Waals surface area contributed by atoms with Gasteiger partial charge in [0, 0.05) is 6.54 Å². The Bertz CT molecular complexity index is 623. The van der Waals surface area contributed by atoms with Crippen LogP contribution in [-0.2, 0) is 6.42 Å². The average molecular weight is 356 g/mol. The van der Waals surface area contributed by atoms with Gasteiger partial charge in [-0.05, 0) is 98.0 Å². The van der Waals surface area contributed by atoms with Crippen LogP contribution >= 0.6 is 0 Å². The Morgan fingerprint density at radius 1 is 1.12 bits per heavy atom. The molecule has 1 aromatic carbocycles. The molecule has 1 aromatic rings. The van der Waals surface area contributed by atoms with Crippen molar-refractivity contribution in [3.63, 3.8) is 0 Å². The largest absolute Gasteiger partial charge is 0.492 e. The molecule has 3 aliphatic carbocycles.